The van der Waals surface area contributed by atoms with Gasteiger partial charge in [0, 0.05) is 35.4 Å². The number of aliphatic imine (C=N–C) groups is 1. The van der Waals surface area contributed by atoms with Crippen LogP contribution in [0.15, 0.2) is 94.5 Å². The highest BCUT2D eigenvalue weighted by molar-refractivity contribution is 6.19. The van der Waals surface area contributed by atoms with E-state index in [2.05, 4.69) is 25.8 Å². The number of nitrogens with zero attached hydrogens (tertiary/aromatic N) is 4. The van der Waals surface area contributed by atoms with Gasteiger partial charge in [-0.1, -0.05) is 59.7 Å². The number of hydrogen-bond donors (Lipinski definition) is 2. The van der Waals surface area contributed by atoms with Gasteiger partial charge in [0.2, 0.25) is 12.1 Å². The minimum absolute atomic E-state index is 0.0790. The third kappa shape index (κ3) is 4.43. The molecule has 0 fully saturated rings. The third-order valence-corrected chi connectivity index (χ3v) is 6.03. The van der Waals surface area contributed by atoms with E-state index in [0.717, 1.165) is 33.2 Å². The number of pyridine rings is 1. The lowest BCUT2D eigenvalue weighted by molar-refractivity contribution is -0.116. The number of para-hydroxylation sites is 1. The number of ether oxygens (including phenoxy) is 1. The summed E-state index contributed by atoms with van der Waals surface area (Å²) < 4.78 is 11.2. The van der Waals surface area contributed by atoms with Gasteiger partial charge in [0.05, 0.1) is 23.5 Å². The van der Waals surface area contributed by atoms with Crippen LogP contribution < -0.4 is 10.6 Å². The average molecular weight is 491 g/mol. The summed E-state index contributed by atoms with van der Waals surface area (Å²) in [5, 5.41) is 15.2. The number of nitrogens with one attached hydrogen (secondary N) is 2. The van der Waals surface area contributed by atoms with Crippen LogP contribution in [0.1, 0.15) is 16.7 Å². The van der Waals surface area contributed by atoms with Crippen molar-refractivity contribution in [2.24, 2.45) is 4.99 Å². The van der Waals surface area contributed by atoms with Crippen LogP contribution in [-0.4, -0.2) is 40.1 Å². The number of carbonyl (C=O) groups excluding carboxylic acids is 1. The van der Waals surface area contributed by atoms with E-state index in [1.807, 2.05) is 78.9 Å². The lowest BCUT2D eigenvalue weighted by Gasteiger charge is -2.11. The van der Waals surface area contributed by atoms with E-state index in [1.165, 1.54) is 0 Å². The Morgan fingerprint density at radius 3 is 2.68 bits per heavy atom. The lowest BCUT2D eigenvalue weighted by atomic mass is 10.0. The molecular weight excluding hydrogens is 468 g/mol. The molecule has 9 nitrogen and oxygen atoms in total. The number of rotatable bonds is 6. The summed E-state index contributed by atoms with van der Waals surface area (Å²) in [6.45, 7) is 0.474. The van der Waals surface area contributed by atoms with Crippen LogP contribution in [0.2, 0.25) is 0 Å². The maximum absolute atomic E-state index is 13.1. The van der Waals surface area contributed by atoms with Crippen molar-refractivity contribution in [3.63, 3.8) is 0 Å². The lowest BCUT2D eigenvalue weighted by Crippen LogP contribution is -2.32. The number of methoxy groups -OCH3 is 1. The molecule has 37 heavy (non-hydrogen) atoms. The number of hydrogen-bond acceptors (Lipinski definition) is 8. The predicted molar refractivity (Wildman–Crippen MR) is 140 cm³/mol. The molecule has 0 saturated heterocycles. The molecule has 0 aliphatic carbocycles. The fourth-order valence-corrected chi connectivity index (χ4v) is 4.32. The van der Waals surface area contributed by atoms with Crippen LogP contribution in [0.3, 0.4) is 0 Å². The Hall–Kier alpha value is -4.89. The van der Waals surface area contributed by atoms with E-state index in [9.17, 15) is 4.79 Å². The van der Waals surface area contributed by atoms with Crippen LogP contribution in [0.25, 0.3) is 22.4 Å². The molecule has 2 aromatic heterocycles. The highest BCUT2D eigenvalue weighted by atomic mass is 16.5. The first-order valence-corrected chi connectivity index (χ1v) is 11.7. The maximum atomic E-state index is 13.1. The summed E-state index contributed by atoms with van der Waals surface area (Å²) in [4.78, 5) is 22.3. The average Bonchev–Trinajstić information content (AvgIpc) is 3.34. The molecule has 2 N–H and O–H groups in total. The van der Waals surface area contributed by atoms with Gasteiger partial charge in [-0.25, -0.2) is 4.99 Å². The molecule has 1 aliphatic rings. The first-order chi connectivity index (χ1) is 18.2. The molecule has 1 atom stereocenters. The van der Waals surface area contributed by atoms with Crippen LogP contribution in [0, 0.1) is 0 Å². The molecule has 0 radical (unpaired) electrons. The van der Waals surface area contributed by atoms with Gasteiger partial charge in [0.15, 0.2) is 0 Å². The number of aromatic nitrogens is 3. The first-order valence-electron chi connectivity index (χ1n) is 11.7. The molecule has 6 rings (SSSR count). The summed E-state index contributed by atoms with van der Waals surface area (Å²) in [6, 6.07) is 25.1. The van der Waals surface area contributed by atoms with Crippen molar-refractivity contribution in [3.8, 4) is 11.5 Å². The number of amides is 1. The SMILES string of the molecule is COCc1ccc2nccc(-c3nnc(NC4N=C(c5ccccc5)c5ccccc5NC4=O)o3)c2c1. The second-order valence-corrected chi connectivity index (χ2v) is 8.48. The van der Waals surface area contributed by atoms with Crippen LogP contribution in [0.5, 0.6) is 0 Å². The van der Waals surface area contributed by atoms with Gasteiger partial charge in [-0.15, -0.1) is 5.10 Å². The summed E-state index contributed by atoms with van der Waals surface area (Å²) in [5.74, 6) is -0.0363. The van der Waals surface area contributed by atoms with Crippen LogP contribution in [0.4, 0.5) is 11.7 Å². The highest BCUT2D eigenvalue weighted by Gasteiger charge is 2.27. The van der Waals surface area contributed by atoms with Crippen molar-refractivity contribution in [2.45, 2.75) is 12.8 Å². The Morgan fingerprint density at radius 1 is 0.973 bits per heavy atom. The minimum Gasteiger partial charge on any atom is -0.403 e. The molecule has 1 unspecified atom stereocenters. The number of anilines is 2. The van der Waals surface area contributed by atoms with E-state index in [-0.39, 0.29) is 11.9 Å². The van der Waals surface area contributed by atoms with Crippen molar-refractivity contribution in [1.29, 1.82) is 0 Å². The number of carbonyl (C=O) groups is 1. The largest absolute Gasteiger partial charge is 0.403 e. The molecule has 5 aromatic rings. The van der Waals surface area contributed by atoms with E-state index in [1.54, 1.807) is 13.3 Å². The molecule has 1 aliphatic heterocycles. The molecule has 0 bridgehead atoms. The first kappa shape index (κ1) is 22.6. The molecule has 0 spiro atoms. The highest BCUT2D eigenvalue weighted by Crippen LogP contribution is 2.29. The summed E-state index contributed by atoms with van der Waals surface area (Å²) in [5.41, 5.74) is 5.60. The number of fused-ring (bicyclic) bond motifs is 2. The van der Waals surface area contributed by atoms with Crippen molar-refractivity contribution >= 4 is 34.2 Å². The van der Waals surface area contributed by atoms with Gasteiger partial charge in [0.1, 0.15) is 0 Å². The van der Waals surface area contributed by atoms with Gasteiger partial charge >= 0.3 is 6.01 Å². The van der Waals surface area contributed by atoms with Crippen molar-refractivity contribution < 1.29 is 13.9 Å². The molecular formula is C28H22N6O3. The summed E-state index contributed by atoms with van der Waals surface area (Å²) in [7, 11) is 1.65. The van der Waals surface area contributed by atoms with Gasteiger partial charge in [-0.05, 0) is 29.8 Å². The van der Waals surface area contributed by atoms with E-state index >= 15 is 0 Å². The van der Waals surface area contributed by atoms with Crippen molar-refractivity contribution in [2.75, 3.05) is 17.7 Å². The van der Waals surface area contributed by atoms with Crippen molar-refractivity contribution in [3.05, 3.63) is 102 Å². The predicted octanol–water partition coefficient (Wildman–Crippen LogP) is 4.66. The zero-order valence-electron chi connectivity index (χ0n) is 19.9. The number of benzene rings is 3. The zero-order valence-corrected chi connectivity index (χ0v) is 19.9. The van der Waals surface area contributed by atoms with E-state index in [0.29, 0.717) is 23.9 Å². The Bertz CT molecular complexity index is 1630. The Kier molecular flexibility index (Phi) is 5.88. The quantitative estimate of drug-likeness (QED) is 0.356. The second kappa shape index (κ2) is 9.63. The molecule has 9 heteroatoms. The molecule has 1 amide bonds. The standard InChI is InChI=1S/C28H22N6O3/c1-36-16-17-11-12-22-21(15-17)19(13-14-29-22)27-33-34-28(37-27)32-25-26(35)30-23-10-6-5-9-20(23)24(31-25)18-7-3-2-4-8-18/h2-15,25H,16H2,1H3,(H,30,35)(H,32,34). The molecule has 3 aromatic carbocycles. The van der Waals surface area contributed by atoms with Crippen LogP contribution >= 0.6 is 0 Å². The van der Waals surface area contributed by atoms with Gasteiger partial charge in [-0.2, -0.15) is 0 Å². The molecule has 0 saturated carbocycles. The summed E-state index contributed by atoms with van der Waals surface area (Å²) in [6.07, 6.45) is 0.704. The molecule has 182 valence electrons. The fourth-order valence-electron chi connectivity index (χ4n) is 4.32. The monoisotopic (exact) mass is 490 g/mol. The summed E-state index contributed by atoms with van der Waals surface area (Å²) >= 11 is 0. The fraction of sp³-hybridized carbons (Fsp3) is 0.107. The van der Waals surface area contributed by atoms with Crippen LogP contribution in [-0.2, 0) is 16.1 Å². The Morgan fingerprint density at radius 2 is 1.81 bits per heavy atom. The number of benzodiazepines with no additional fused rings is 1. The molecule has 3 heterocycles. The zero-order chi connectivity index (χ0) is 25.2. The second-order valence-electron chi connectivity index (χ2n) is 8.48. The van der Waals surface area contributed by atoms with Gasteiger partial charge in [0.25, 0.3) is 5.91 Å². The maximum Gasteiger partial charge on any atom is 0.317 e. The topological polar surface area (TPSA) is 115 Å². The Labute approximate surface area is 212 Å². The van der Waals surface area contributed by atoms with E-state index < -0.39 is 6.17 Å². The third-order valence-electron chi connectivity index (χ3n) is 6.03. The minimum atomic E-state index is -0.988. The normalized spacial score (nSPS) is 15.0. The smallest absolute Gasteiger partial charge is 0.317 e. The Balaban J connectivity index is 1.35. The van der Waals surface area contributed by atoms with Crippen molar-refractivity contribution in [1.82, 2.24) is 15.2 Å². The van der Waals surface area contributed by atoms with Gasteiger partial charge < -0.3 is 19.8 Å². The van der Waals surface area contributed by atoms with Gasteiger partial charge in [-0.3, -0.25) is 9.78 Å². The van der Waals surface area contributed by atoms with E-state index in [4.69, 9.17) is 14.1 Å².